The Morgan fingerprint density at radius 1 is 0.929 bits per heavy atom. The molecule has 42 heavy (non-hydrogen) atoms. The molecule has 0 spiro atoms. The largest absolute Gasteiger partial charge is 0.350 e. The summed E-state index contributed by atoms with van der Waals surface area (Å²) in [6.07, 6.45) is 10.9. The molecule has 8 heteroatoms. The molecule has 0 bridgehead atoms. The van der Waals surface area contributed by atoms with Crippen molar-refractivity contribution in [3.8, 4) is 0 Å². The van der Waals surface area contributed by atoms with Crippen LogP contribution in [0.15, 0.2) is 54.6 Å². The van der Waals surface area contributed by atoms with E-state index in [0.29, 0.717) is 24.6 Å². The molecular weight excluding hydrogens is 542 g/mol. The Labute approximate surface area is 257 Å². The highest BCUT2D eigenvalue weighted by molar-refractivity contribution is 7.96. The Balaban J connectivity index is 1.62. The summed E-state index contributed by atoms with van der Waals surface area (Å²) in [7, 11) is 1.93. The van der Waals surface area contributed by atoms with Gasteiger partial charge in [0.15, 0.2) is 0 Å². The highest BCUT2D eigenvalue weighted by atomic mass is 32.2. The lowest BCUT2D eigenvalue weighted by Gasteiger charge is -2.28. The van der Waals surface area contributed by atoms with Gasteiger partial charge in [-0.3, -0.25) is 14.3 Å². The summed E-state index contributed by atoms with van der Waals surface area (Å²) in [6, 6.07) is 17.2. The van der Waals surface area contributed by atoms with Gasteiger partial charge in [-0.15, -0.1) is 0 Å². The zero-order valence-electron chi connectivity index (χ0n) is 25.6. The van der Waals surface area contributed by atoms with Gasteiger partial charge >= 0.3 is 0 Å². The summed E-state index contributed by atoms with van der Waals surface area (Å²) in [6.45, 7) is 3.34. The second-order valence-electron chi connectivity index (χ2n) is 11.5. The van der Waals surface area contributed by atoms with Gasteiger partial charge < -0.3 is 21.4 Å². The molecule has 0 radical (unpaired) electrons. The van der Waals surface area contributed by atoms with Crippen molar-refractivity contribution >= 4 is 29.5 Å². The zero-order chi connectivity index (χ0) is 30.0. The molecule has 0 aliphatic heterocycles. The van der Waals surface area contributed by atoms with Gasteiger partial charge in [0.05, 0.1) is 6.04 Å². The molecule has 1 aliphatic carbocycles. The number of unbranched alkanes of at least 4 members (excludes halogenated alkanes) is 1. The monoisotopic (exact) mass is 593 g/mol. The molecule has 0 aromatic heterocycles. The van der Waals surface area contributed by atoms with Gasteiger partial charge in [0.1, 0.15) is 6.04 Å². The minimum absolute atomic E-state index is 0.0892. The van der Waals surface area contributed by atoms with E-state index in [1.54, 1.807) is 11.9 Å². The van der Waals surface area contributed by atoms with Crippen molar-refractivity contribution in [1.29, 1.82) is 5.41 Å². The molecule has 0 heterocycles. The number of rotatable bonds is 19. The average molecular weight is 594 g/mol. The Morgan fingerprint density at radius 3 is 2.36 bits per heavy atom. The fourth-order valence-electron chi connectivity index (χ4n) is 5.49. The van der Waals surface area contributed by atoms with E-state index in [4.69, 9.17) is 5.41 Å². The van der Waals surface area contributed by atoms with Crippen LogP contribution in [0.25, 0.3) is 0 Å². The van der Waals surface area contributed by atoms with Gasteiger partial charge in [0, 0.05) is 18.0 Å². The van der Waals surface area contributed by atoms with E-state index in [2.05, 4.69) is 39.7 Å². The second-order valence-corrected chi connectivity index (χ2v) is 12.3. The summed E-state index contributed by atoms with van der Waals surface area (Å²) in [5, 5.41) is 17.5. The molecule has 3 rings (SSSR count). The van der Waals surface area contributed by atoms with Crippen molar-refractivity contribution < 1.29 is 9.59 Å². The maximum atomic E-state index is 13.7. The highest BCUT2D eigenvalue weighted by Crippen LogP contribution is 2.28. The topological polar surface area (TPSA) is 106 Å². The molecule has 2 unspecified atom stereocenters. The first-order valence-corrected chi connectivity index (χ1v) is 16.8. The number of benzene rings is 2. The zero-order valence-corrected chi connectivity index (χ0v) is 26.4. The minimum atomic E-state index is -0.582. The molecule has 2 aromatic rings. The van der Waals surface area contributed by atoms with E-state index >= 15 is 0 Å². The SMILES string of the molecule is CCCC(=N)c1ccc(CNC(=O)C(CCCCNC)NC(=O)C(CC2CCCCC2)NSCc2ccccc2)cc1. The number of amides is 2. The van der Waals surface area contributed by atoms with Crippen LogP contribution in [0.4, 0.5) is 0 Å². The Bertz CT molecular complexity index is 1070. The maximum Gasteiger partial charge on any atom is 0.242 e. The Morgan fingerprint density at radius 2 is 1.67 bits per heavy atom. The van der Waals surface area contributed by atoms with Crippen molar-refractivity contribution in [2.75, 3.05) is 13.6 Å². The minimum Gasteiger partial charge on any atom is -0.350 e. The molecule has 1 fully saturated rings. The van der Waals surface area contributed by atoms with Crippen LogP contribution in [0.3, 0.4) is 0 Å². The van der Waals surface area contributed by atoms with E-state index in [1.165, 1.54) is 37.7 Å². The van der Waals surface area contributed by atoms with E-state index < -0.39 is 6.04 Å². The van der Waals surface area contributed by atoms with Crippen LogP contribution in [-0.4, -0.2) is 43.2 Å². The summed E-state index contributed by atoms with van der Waals surface area (Å²) in [5.74, 6) is 1.07. The number of nitrogens with one attached hydrogen (secondary N) is 5. The first kappa shape index (κ1) is 33.8. The molecule has 230 valence electrons. The van der Waals surface area contributed by atoms with Gasteiger partial charge in [-0.2, -0.15) is 0 Å². The molecular formula is C34H51N5O2S. The Hall–Kier alpha value is -2.68. The van der Waals surface area contributed by atoms with Gasteiger partial charge in [-0.25, -0.2) is 0 Å². The fraction of sp³-hybridized carbons (Fsp3) is 0.559. The lowest BCUT2D eigenvalue weighted by atomic mass is 9.85. The first-order valence-electron chi connectivity index (χ1n) is 15.8. The molecule has 0 saturated heterocycles. The van der Waals surface area contributed by atoms with E-state index in [9.17, 15) is 9.59 Å². The number of carbonyl (C=O) groups is 2. The molecule has 1 saturated carbocycles. The summed E-state index contributed by atoms with van der Waals surface area (Å²) >= 11 is 1.57. The summed E-state index contributed by atoms with van der Waals surface area (Å²) < 4.78 is 3.46. The van der Waals surface area contributed by atoms with Gasteiger partial charge in [0.2, 0.25) is 11.8 Å². The standard InChI is InChI=1S/C34H51N5O2S/c1-3-12-30(35)29-20-18-27(19-21-29)24-37-33(40)31(17-10-11-22-36-2)38-34(41)32(23-26-13-6-4-7-14-26)39-42-25-28-15-8-5-9-16-28/h5,8-9,15-16,18-21,26,31-32,35-36,39H,3-4,6-7,10-14,17,22-25H2,1-2H3,(H,37,40)(H,38,41). The lowest BCUT2D eigenvalue weighted by Crippen LogP contribution is -2.52. The van der Waals surface area contributed by atoms with Crippen LogP contribution in [0.2, 0.25) is 0 Å². The van der Waals surface area contributed by atoms with Crippen LogP contribution in [0.1, 0.15) is 94.2 Å². The molecule has 2 aromatic carbocycles. The number of hydrogen-bond acceptors (Lipinski definition) is 6. The maximum absolute atomic E-state index is 13.7. The molecule has 5 N–H and O–H groups in total. The first-order chi connectivity index (χ1) is 20.5. The predicted octanol–water partition coefficient (Wildman–Crippen LogP) is 6.12. The summed E-state index contributed by atoms with van der Waals surface area (Å²) in [4.78, 5) is 27.1. The second kappa shape index (κ2) is 19.5. The molecule has 1 aliphatic rings. The van der Waals surface area contributed by atoms with Gasteiger partial charge in [-0.05, 0) is 68.3 Å². The smallest absolute Gasteiger partial charge is 0.242 e. The lowest BCUT2D eigenvalue weighted by molar-refractivity contribution is -0.130. The van der Waals surface area contributed by atoms with Gasteiger partial charge in [-0.1, -0.05) is 112 Å². The van der Waals surface area contributed by atoms with Crippen molar-refractivity contribution in [2.24, 2.45) is 5.92 Å². The molecule has 7 nitrogen and oxygen atoms in total. The van der Waals surface area contributed by atoms with E-state index in [-0.39, 0.29) is 17.9 Å². The predicted molar refractivity (Wildman–Crippen MR) is 176 cm³/mol. The van der Waals surface area contributed by atoms with E-state index in [0.717, 1.165) is 55.5 Å². The van der Waals surface area contributed by atoms with Gasteiger partial charge in [0.25, 0.3) is 0 Å². The van der Waals surface area contributed by atoms with Crippen molar-refractivity contribution in [1.82, 2.24) is 20.7 Å². The molecule has 2 atom stereocenters. The third-order valence-electron chi connectivity index (χ3n) is 7.99. The van der Waals surface area contributed by atoms with Crippen molar-refractivity contribution in [2.45, 2.75) is 102 Å². The van der Waals surface area contributed by atoms with Crippen molar-refractivity contribution in [3.63, 3.8) is 0 Å². The fourth-order valence-corrected chi connectivity index (χ4v) is 6.33. The van der Waals surface area contributed by atoms with Crippen LogP contribution in [0.5, 0.6) is 0 Å². The molecule has 2 amide bonds. The van der Waals surface area contributed by atoms with Crippen LogP contribution < -0.4 is 20.7 Å². The van der Waals surface area contributed by atoms with E-state index in [1.807, 2.05) is 49.5 Å². The highest BCUT2D eigenvalue weighted by Gasteiger charge is 2.28. The van der Waals surface area contributed by atoms with Crippen LogP contribution >= 0.6 is 11.9 Å². The number of carbonyl (C=O) groups excluding carboxylic acids is 2. The third-order valence-corrected chi connectivity index (χ3v) is 8.92. The van der Waals surface area contributed by atoms with Crippen LogP contribution in [-0.2, 0) is 21.9 Å². The van der Waals surface area contributed by atoms with Crippen LogP contribution in [0, 0.1) is 11.3 Å². The Kier molecular flexibility index (Phi) is 15.7. The normalized spacial score (nSPS) is 15.1. The van der Waals surface area contributed by atoms with Crippen molar-refractivity contribution in [3.05, 3.63) is 71.3 Å². The average Bonchev–Trinajstić information content (AvgIpc) is 3.02. The quantitative estimate of drug-likeness (QED) is 0.0767. The summed E-state index contributed by atoms with van der Waals surface area (Å²) in [5.41, 5.74) is 3.74. The third kappa shape index (κ3) is 12.3. The number of hydrogen-bond donors (Lipinski definition) is 5.